The van der Waals surface area contributed by atoms with Crippen LogP contribution in [0.25, 0.3) is 0 Å². The Morgan fingerprint density at radius 1 is 1.33 bits per heavy atom. The van der Waals surface area contributed by atoms with E-state index in [0.29, 0.717) is 12.5 Å². The third-order valence-corrected chi connectivity index (χ3v) is 3.49. The number of nitrogens with one attached hydrogen (secondary N) is 1. The minimum absolute atomic E-state index is 0.0295. The first-order chi connectivity index (χ1) is 7.33. The van der Waals surface area contributed by atoms with Gasteiger partial charge in [0, 0.05) is 6.61 Å². The van der Waals surface area contributed by atoms with Gasteiger partial charge in [0.05, 0.1) is 19.1 Å². The summed E-state index contributed by atoms with van der Waals surface area (Å²) in [6, 6.07) is 0. The molecule has 0 saturated carbocycles. The smallest absolute Gasteiger partial charge is 0.311 e. The maximum Gasteiger partial charge on any atom is 0.311 e. The van der Waals surface area contributed by atoms with Crippen LogP contribution in [0.3, 0.4) is 0 Å². The SMILES string of the molecule is COC(=O)[C@@H]1CCO[C@@H]1C1CCNCC1. The van der Waals surface area contributed by atoms with Crippen LogP contribution < -0.4 is 5.32 Å². The largest absolute Gasteiger partial charge is 0.469 e. The van der Waals surface area contributed by atoms with Crippen molar-refractivity contribution < 1.29 is 14.3 Å². The predicted octanol–water partition coefficient (Wildman–Crippen LogP) is 0.564. The average molecular weight is 213 g/mol. The highest BCUT2D eigenvalue weighted by molar-refractivity contribution is 5.73. The van der Waals surface area contributed by atoms with Gasteiger partial charge in [0.1, 0.15) is 0 Å². The highest BCUT2D eigenvalue weighted by Gasteiger charge is 2.40. The number of rotatable bonds is 2. The number of piperidine rings is 1. The topological polar surface area (TPSA) is 47.6 Å². The van der Waals surface area contributed by atoms with Gasteiger partial charge < -0.3 is 14.8 Å². The molecule has 2 aliphatic rings. The summed E-state index contributed by atoms with van der Waals surface area (Å²) in [6.07, 6.45) is 3.14. The van der Waals surface area contributed by atoms with Crippen molar-refractivity contribution in [2.75, 3.05) is 26.8 Å². The number of hydrogen-bond acceptors (Lipinski definition) is 4. The van der Waals surface area contributed by atoms with Crippen LogP contribution in [0.5, 0.6) is 0 Å². The fourth-order valence-electron chi connectivity index (χ4n) is 2.65. The maximum absolute atomic E-state index is 11.5. The standard InChI is InChI=1S/C11H19NO3/c1-14-11(13)9-4-7-15-10(9)8-2-5-12-6-3-8/h8-10,12H,2-7H2,1H3/t9-,10-/m1/s1. The van der Waals surface area contributed by atoms with Crippen LogP contribution in [0.4, 0.5) is 0 Å². The molecule has 0 bridgehead atoms. The molecule has 2 aliphatic heterocycles. The second-order valence-electron chi connectivity index (χ2n) is 4.34. The van der Waals surface area contributed by atoms with Gasteiger partial charge in [-0.05, 0) is 38.3 Å². The Kier molecular flexibility index (Phi) is 3.59. The van der Waals surface area contributed by atoms with Gasteiger partial charge in [-0.15, -0.1) is 0 Å². The zero-order valence-electron chi connectivity index (χ0n) is 9.20. The molecule has 0 aromatic rings. The monoisotopic (exact) mass is 213 g/mol. The number of esters is 1. The van der Waals surface area contributed by atoms with Crippen LogP contribution in [0, 0.1) is 11.8 Å². The number of hydrogen-bond donors (Lipinski definition) is 1. The third kappa shape index (κ3) is 2.32. The summed E-state index contributed by atoms with van der Waals surface area (Å²) in [5.74, 6) is 0.395. The van der Waals surface area contributed by atoms with Crippen molar-refractivity contribution in [2.24, 2.45) is 11.8 Å². The number of carbonyl (C=O) groups excluding carboxylic acids is 1. The van der Waals surface area contributed by atoms with Crippen molar-refractivity contribution in [3.05, 3.63) is 0 Å². The van der Waals surface area contributed by atoms with Crippen LogP contribution in [0.1, 0.15) is 19.3 Å². The molecule has 4 nitrogen and oxygen atoms in total. The lowest BCUT2D eigenvalue weighted by atomic mass is 9.85. The normalized spacial score (nSPS) is 32.9. The molecule has 2 fully saturated rings. The molecule has 0 spiro atoms. The molecular formula is C11H19NO3. The molecule has 2 rings (SSSR count). The van der Waals surface area contributed by atoms with Gasteiger partial charge in [-0.1, -0.05) is 0 Å². The Morgan fingerprint density at radius 2 is 2.07 bits per heavy atom. The molecule has 4 heteroatoms. The molecule has 0 aromatic carbocycles. The molecule has 2 heterocycles. The summed E-state index contributed by atoms with van der Waals surface area (Å²) in [6.45, 7) is 2.78. The zero-order chi connectivity index (χ0) is 10.7. The molecule has 0 aromatic heterocycles. The molecule has 2 atom stereocenters. The van der Waals surface area contributed by atoms with E-state index in [1.165, 1.54) is 7.11 Å². The van der Waals surface area contributed by atoms with Crippen LogP contribution in [-0.2, 0) is 14.3 Å². The first-order valence-electron chi connectivity index (χ1n) is 5.73. The minimum Gasteiger partial charge on any atom is -0.469 e. The summed E-state index contributed by atoms with van der Waals surface area (Å²) in [5.41, 5.74) is 0. The van der Waals surface area contributed by atoms with Crippen molar-refractivity contribution in [3.8, 4) is 0 Å². The van der Waals surface area contributed by atoms with E-state index in [1.54, 1.807) is 0 Å². The molecule has 2 saturated heterocycles. The molecular weight excluding hydrogens is 194 g/mol. The van der Waals surface area contributed by atoms with Crippen molar-refractivity contribution in [3.63, 3.8) is 0 Å². The number of methoxy groups -OCH3 is 1. The fourth-order valence-corrected chi connectivity index (χ4v) is 2.65. The Labute approximate surface area is 90.3 Å². The van der Waals surface area contributed by atoms with E-state index < -0.39 is 0 Å². The molecule has 1 N–H and O–H groups in total. The molecule has 86 valence electrons. The zero-order valence-corrected chi connectivity index (χ0v) is 9.20. The first-order valence-corrected chi connectivity index (χ1v) is 5.73. The van der Waals surface area contributed by atoms with Crippen LogP contribution in [-0.4, -0.2) is 38.9 Å². The first kappa shape index (κ1) is 10.9. The van der Waals surface area contributed by atoms with Crippen molar-refractivity contribution in [1.29, 1.82) is 0 Å². The second-order valence-corrected chi connectivity index (χ2v) is 4.34. The highest BCUT2D eigenvalue weighted by atomic mass is 16.5. The average Bonchev–Trinajstić information content (AvgIpc) is 2.78. The van der Waals surface area contributed by atoms with Crippen LogP contribution in [0.15, 0.2) is 0 Å². The summed E-state index contributed by atoms with van der Waals surface area (Å²) in [4.78, 5) is 11.5. The molecule has 0 unspecified atom stereocenters. The summed E-state index contributed by atoms with van der Waals surface area (Å²) in [7, 11) is 1.46. The van der Waals surface area contributed by atoms with Crippen LogP contribution >= 0.6 is 0 Å². The van der Waals surface area contributed by atoms with Gasteiger partial charge in [-0.2, -0.15) is 0 Å². The quantitative estimate of drug-likeness (QED) is 0.681. The van der Waals surface area contributed by atoms with E-state index in [9.17, 15) is 4.79 Å². The summed E-state index contributed by atoms with van der Waals surface area (Å²) in [5, 5.41) is 3.32. The number of carbonyl (C=O) groups is 1. The van der Waals surface area contributed by atoms with Gasteiger partial charge in [-0.25, -0.2) is 0 Å². The van der Waals surface area contributed by atoms with Gasteiger partial charge in [0.25, 0.3) is 0 Å². The Balaban J connectivity index is 1.97. The summed E-state index contributed by atoms with van der Waals surface area (Å²) < 4.78 is 10.5. The lowest BCUT2D eigenvalue weighted by Gasteiger charge is -2.29. The Morgan fingerprint density at radius 3 is 2.73 bits per heavy atom. The van der Waals surface area contributed by atoms with Gasteiger partial charge in [0.2, 0.25) is 0 Å². The predicted molar refractivity (Wildman–Crippen MR) is 55.5 cm³/mol. The van der Waals surface area contributed by atoms with Crippen LogP contribution in [0.2, 0.25) is 0 Å². The lowest BCUT2D eigenvalue weighted by Crippen LogP contribution is -2.38. The van der Waals surface area contributed by atoms with E-state index >= 15 is 0 Å². The van der Waals surface area contributed by atoms with Gasteiger partial charge >= 0.3 is 5.97 Å². The maximum atomic E-state index is 11.5. The lowest BCUT2D eigenvalue weighted by molar-refractivity contribution is -0.148. The molecule has 0 amide bonds. The van der Waals surface area contributed by atoms with E-state index in [4.69, 9.17) is 9.47 Å². The number of ether oxygens (including phenoxy) is 2. The highest BCUT2D eigenvalue weighted by Crippen LogP contribution is 2.32. The molecule has 0 radical (unpaired) electrons. The Hall–Kier alpha value is -0.610. The van der Waals surface area contributed by atoms with E-state index in [2.05, 4.69) is 5.32 Å². The van der Waals surface area contributed by atoms with E-state index in [-0.39, 0.29) is 18.0 Å². The summed E-state index contributed by atoms with van der Waals surface area (Å²) >= 11 is 0. The van der Waals surface area contributed by atoms with E-state index in [1.807, 2.05) is 0 Å². The van der Waals surface area contributed by atoms with E-state index in [0.717, 1.165) is 32.4 Å². The van der Waals surface area contributed by atoms with Crippen molar-refractivity contribution in [2.45, 2.75) is 25.4 Å². The fraction of sp³-hybridized carbons (Fsp3) is 0.909. The van der Waals surface area contributed by atoms with Gasteiger partial charge in [-0.3, -0.25) is 4.79 Å². The minimum atomic E-state index is -0.101. The Bertz CT molecular complexity index is 226. The van der Waals surface area contributed by atoms with Gasteiger partial charge in [0.15, 0.2) is 0 Å². The third-order valence-electron chi connectivity index (χ3n) is 3.49. The molecule has 0 aliphatic carbocycles. The molecule has 15 heavy (non-hydrogen) atoms. The van der Waals surface area contributed by atoms with Crippen molar-refractivity contribution in [1.82, 2.24) is 5.32 Å². The van der Waals surface area contributed by atoms with Crippen molar-refractivity contribution >= 4 is 5.97 Å². The second kappa shape index (κ2) is 4.94.